The first-order chi connectivity index (χ1) is 14.6. The van der Waals surface area contributed by atoms with Crippen molar-refractivity contribution in [3.05, 3.63) is 65.7 Å². The molecule has 0 saturated carbocycles. The number of benzene rings is 2. The van der Waals surface area contributed by atoms with Crippen molar-refractivity contribution in [3.8, 4) is 11.5 Å². The normalized spacial score (nSPS) is 14.5. The Kier molecular flexibility index (Phi) is 7.49. The van der Waals surface area contributed by atoms with Gasteiger partial charge in [0.15, 0.2) is 0 Å². The third-order valence-corrected chi connectivity index (χ3v) is 5.17. The first kappa shape index (κ1) is 21.4. The van der Waals surface area contributed by atoms with E-state index in [-0.39, 0.29) is 11.8 Å². The average Bonchev–Trinajstić information content (AvgIpc) is 3.32. The van der Waals surface area contributed by atoms with E-state index in [9.17, 15) is 9.59 Å². The first-order valence-corrected chi connectivity index (χ1v) is 10.1. The van der Waals surface area contributed by atoms with Crippen LogP contribution in [0.4, 0.5) is 0 Å². The van der Waals surface area contributed by atoms with Gasteiger partial charge in [0.1, 0.15) is 17.5 Å². The molecule has 0 aromatic heterocycles. The van der Waals surface area contributed by atoms with Crippen LogP contribution in [0.3, 0.4) is 0 Å². The quantitative estimate of drug-likeness (QED) is 0.682. The minimum absolute atomic E-state index is 0.0305. The zero-order chi connectivity index (χ0) is 21.3. The second kappa shape index (κ2) is 10.5. The minimum atomic E-state index is -0.602. The Hall–Kier alpha value is -3.28. The van der Waals surface area contributed by atoms with Crippen molar-refractivity contribution in [3.63, 3.8) is 0 Å². The SMILES string of the molecule is COc1ccc(OC)c(/C=C/C(=O)NC(Cc2ccccc2)C(=O)N2CCCC2)c1. The third kappa shape index (κ3) is 5.63. The maximum Gasteiger partial charge on any atom is 0.245 e. The second-order valence-corrected chi connectivity index (χ2v) is 7.22. The number of hydrogen-bond acceptors (Lipinski definition) is 4. The highest BCUT2D eigenvalue weighted by Crippen LogP contribution is 2.25. The van der Waals surface area contributed by atoms with E-state index in [1.807, 2.05) is 35.2 Å². The molecule has 1 atom stereocenters. The molecule has 1 saturated heterocycles. The first-order valence-electron chi connectivity index (χ1n) is 10.1. The average molecular weight is 408 g/mol. The fraction of sp³-hybridized carbons (Fsp3) is 0.333. The Morgan fingerprint density at radius 1 is 1.07 bits per heavy atom. The molecule has 158 valence electrons. The summed E-state index contributed by atoms with van der Waals surface area (Å²) in [6, 6.07) is 14.5. The number of hydrogen-bond donors (Lipinski definition) is 1. The monoisotopic (exact) mass is 408 g/mol. The van der Waals surface area contributed by atoms with Crippen molar-refractivity contribution in [2.45, 2.75) is 25.3 Å². The fourth-order valence-corrected chi connectivity index (χ4v) is 3.56. The van der Waals surface area contributed by atoms with Crippen LogP contribution < -0.4 is 14.8 Å². The molecule has 6 heteroatoms. The molecule has 1 heterocycles. The Morgan fingerprint density at radius 3 is 2.47 bits per heavy atom. The molecule has 0 aliphatic carbocycles. The molecule has 1 aliphatic rings. The highest BCUT2D eigenvalue weighted by molar-refractivity contribution is 5.96. The van der Waals surface area contributed by atoms with E-state index in [4.69, 9.17) is 9.47 Å². The lowest BCUT2D eigenvalue weighted by molar-refractivity contribution is -0.134. The summed E-state index contributed by atoms with van der Waals surface area (Å²) >= 11 is 0. The van der Waals surface area contributed by atoms with Gasteiger partial charge in [0.05, 0.1) is 14.2 Å². The summed E-state index contributed by atoms with van der Waals surface area (Å²) in [6.45, 7) is 1.49. The van der Waals surface area contributed by atoms with E-state index in [0.717, 1.165) is 37.1 Å². The number of nitrogens with zero attached hydrogens (tertiary/aromatic N) is 1. The summed E-state index contributed by atoms with van der Waals surface area (Å²) in [5, 5.41) is 2.89. The van der Waals surface area contributed by atoms with E-state index < -0.39 is 6.04 Å². The lowest BCUT2D eigenvalue weighted by Crippen LogP contribution is -2.48. The Labute approximate surface area is 177 Å². The lowest BCUT2D eigenvalue weighted by atomic mass is 10.0. The van der Waals surface area contributed by atoms with E-state index in [1.165, 1.54) is 6.08 Å². The zero-order valence-corrected chi connectivity index (χ0v) is 17.5. The van der Waals surface area contributed by atoms with Gasteiger partial charge in [0.2, 0.25) is 11.8 Å². The van der Waals surface area contributed by atoms with Crippen molar-refractivity contribution in [1.29, 1.82) is 0 Å². The molecule has 1 unspecified atom stereocenters. The van der Waals surface area contributed by atoms with Gasteiger partial charge in [-0.25, -0.2) is 0 Å². The molecule has 0 spiro atoms. The van der Waals surface area contributed by atoms with E-state index in [0.29, 0.717) is 17.9 Å². The van der Waals surface area contributed by atoms with E-state index in [1.54, 1.807) is 38.5 Å². The molecule has 6 nitrogen and oxygen atoms in total. The molecule has 2 amide bonds. The van der Waals surface area contributed by atoms with E-state index >= 15 is 0 Å². The molecule has 2 aromatic rings. The Morgan fingerprint density at radius 2 is 1.80 bits per heavy atom. The Balaban J connectivity index is 1.74. The van der Waals surface area contributed by atoms with Crippen molar-refractivity contribution in [1.82, 2.24) is 10.2 Å². The molecule has 0 radical (unpaired) electrons. The summed E-state index contributed by atoms with van der Waals surface area (Å²) in [5.41, 5.74) is 1.73. The second-order valence-electron chi connectivity index (χ2n) is 7.22. The van der Waals surface area contributed by atoms with Gasteiger partial charge in [-0.15, -0.1) is 0 Å². The Bertz CT molecular complexity index is 889. The van der Waals surface area contributed by atoms with Gasteiger partial charge in [-0.2, -0.15) is 0 Å². The molecular weight excluding hydrogens is 380 g/mol. The number of nitrogens with one attached hydrogen (secondary N) is 1. The topological polar surface area (TPSA) is 67.9 Å². The van der Waals surface area contributed by atoms with Crippen LogP contribution in [0, 0.1) is 0 Å². The van der Waals surface area contributed by atoms with Crippen LogP contribution in [0.15, 0.2) is 54.6 Å². The molecule has 30 heavy (non-hydrogen) atoms. The molecule has 0 bridgehead atoms. The third-order valence-electron chi connectivity index (χ3n) is 5.17. The van der Waals surface area contributed by atoms with Gasteiger partial charge in [0, 0.05) is 31.1 Å². The fourth-order valence-electron chi connectivity index (χ4n) is 3.56. The highest BCUT2D eigenvalue weighted by atomic mass is 16.5. The van der Waals surface area contributed by atoms with Gasteiger partial charge >= 0.3 is 0 Å². The molecule has 1 N–H and O–H groups in total. The predicted molar refractivity (Wildman–Crippen MR) is 116 cm³/mol. The zero-order valence-electron chi connectivity index (χ0n) is 17.5. The molecule has 2 aromatic carbocycles. The molecular formula is C24H28N2O4. The van der Waals surface area contributed by atoms with Crippen LogP contribution in [0.5, 0.6) is 11.5 Å². The molecule has 3 rings (SSSR count). The number of amides is 2. The summed E-state index contributed by atoms with van der Waals surface area (Å²) < 4.78 is 10.6. The number of carbonyl (C=O) groups is 2. The summed E-state index contributed by atoms with van der Waals surface area (Å²) in [4.78, 5) is 27.5. The number of methoxy groups -OCH3 is 2. The van der Waals surface area contributed by atoms with Crippen LogP contribution in [0.25, 0.3) is 6.08 Å². The van der Waals surface area contributed by atoms with Crippen LogP contribution in [-0.2, 0) is 16.0 Å². The van der Waals surface area contributed by atoms with Gasteiger partial charge in [-0.05, 0) is 42.7 Å². The van der Waals surface area contributed by atoms with Crippen LogP contribution in [0.1, 0.15) is 24.0 Å². The van der Waals surface area contributed by atoms with Gasteiger partial charge in [0.25, 0.3) is 0 Å². The maximum atomic E-state index is 13.0. The van der Waals surface area contributed by atoms with Gasteiger partial charge in [-0.3, -0.25) is 9.59 Å². The number of rotatable bonds is 8. The number of likely N-dealkylation sites (tertiary alicyclic amines) is 1. The summed E-state index contributed by atoms with van der Waals surface area (Å²) in [5.74, 6) is 0.946. The molecule has 1 aliphatic heterocycles. The van der Waals surface area contributed by atoms with Crippen molar-refractivity contribution < 1.29 is 19.1 Å². The minimum Gasteiger partial charge on any atom is -0.497 e. The van der Waals surface area contributed by atoms with Gasteiger partial charge < -0.3 is 19.7 Å². The molecule has 1 fully saturated rings. The number of carbonyl (C=O) groups excluding carboxylic acids is 2. The smallest absolute Gasteiger partial charge is 0.245 e. The van der Waals surface area contributed by atoms with Crippen LogP contribution in [0.2, 0.25) is 0 Å². The standard InChI is InChI=1S/C24H28N2O4/c1-29-20-11-12-22(30-2)19(17-20)10-13-23(27)25-21(16-18-8-4-3-5-9-18)24(28)26-14-6-7-15-26/h3-5,8-13,17,21H,6-7,14-16H2,1-2H3,(H,25,27)/b13-10+. The van der Waals surface area contributed by atoms with E-state index in [2.05, 4.69) is 5.32 Å². The summed E-state index contributed by atoms with van der Waals surface area (Å²) in [6.07, 6.45) is 5.56. The van der Waals surface area contributed by atoms with Crippen LogP contribution in [-0.4, -0.2) is 50.1 Å². The van der Waals surface area contributed by atoms with Crippen LogP contribution >= 0.6 is 0 Å². The maximum absolute atomic E-state index is 13.0. The van der Waals surface area contributed by atoms with Crippen molar-refractivity contribution >= 4 is 17.9 Å². The highest BCUT2D eigenvalue weighted by Gasteiger charge is 2.27. The van der Waals surface area contributed by atoms with Gasteiger partial charge in [-0.1, -0.05) is 30.3 Å². The van der Waals surface area contributed by atoms with Crippen molar-refractivity contribution in [2.75, 3.05) is 27.3 Å². The lowest BCUT2D eigenvalue weighted by Gasteiger charge is -2.23. The van der Waals surface area contributed by atoms with Crippen molar-refractivity contribution in [2.24, 2.45) is 0 Å². The predicted octanol–water partition coefficient (Wildman–Crippen LogP) is 3.07. The number of ether oxygens (including phenoxy) is 2. The summed E-state index contributed by atoms with van der Waals surface area (Å²) in [7, 11) is 3.16. The largest absolute Gasteiger partial charge is 0.497 e.